The van der Waals surface area contributed by atoms with Gasteiger partial charge in [-0.1, -0.05) is 11.8 Å². The maximum Gasteiger partial charge on any atom is 0.418 e. The lowest BCUT2D eigenvalue weighted by molar-refractivity contribution is -0.385. The molecule has 3 rings (SSSR count). The van der Waals surface area contributed by atoms with E-state index in [0.717, 1.165) is 29.6 Å². The Morgan fingerprint density at radius 1 is 1.25 bits per heavy atom. The molecule has 32 heavy (non-hydrogen) atoms. The van der Waals surface area contributed by atoms with Crippen molar-refractivity contribution in [1.82, 2.24) is 9.55 Å². The smallest absolute Gasteiger partial charge is 0.418 e. The van der Waals surface area contributed by atoms with Gasteiger partial charge in [-0.05, 0) is 37.3 Å². The lowest BCUT2D eigenvalue weighted by atomic mass is 10.1. The number of ether oxygens (including phenoxy) is 1. The molecule has 1 amide bonds. The first-order chi connectivity index (χ1) is 15.1. The number of aromatic nitrogens is 2. The van der Waals surface area contributed by atoms with Crippen LogP contribution < -0.4 is 10.1 Å². The zero-order chi connectivity index (χ0) is 23.5. The van der Waals surface area contributed by atoms with Gasteiger partial charge in [0.1, 0.15) is 5.75 Å². The Hall–Kier alpha value is -3.54. The molecular weight excluding hydrogens is 449 g/mol. The molecule has 8 nitrogen and oxygen atoms in total. The van der Waals surface area contributed by atoms with Crippen LogP contribution >= 0.6 is 11.8 Å². The van der Waals surface area contributed by atoms with Gasteiger partial charge in [0, 0.05) is 30.2 Å². The van der Waals surface area contributed by atoms with Crippen molar-refractivity contribution in [2.45, 2.75) is 23.5 Å². The third kappa shape index (κ3) is 5.19. The number of hydrogen-bond donors (Lipinski definition) is 1. The Balaban J connectivity index is 1.78. The summed E-state index contributed by atoms with van der Waals surface area (Å²) < 4.78 is 46.9. The number of nitrogens with one attached hydrogen (secondary N) is 1. The number of methoxy groups -OCH3 is 1. The number of halogens is 3. The fourth-order valence-corrected chi connectivity index (χ4v) is 3.64. The average Bonchev–Trinajstić information content (AvgIpc) is 3.21. The van der Waals surface area contributed by atoms with Gasteiger partial charge < -0.3 is 10.1 Å². The third-order valence-electron chi connectivity index (χ3n) is 4.39. The Morgan fingerprint density at radius 3 is 2.53 bits per heavy atom. The normalized spacial score (nSPS) is 12.3. The molecule has 0 saturated carbocycles. The SMILES string of the molecule is COc1ccc(-n2ccnc2S[C@@H](C)C(=O)Nc2ccc([N+](=O)[O-])cc2C(F)(F)F)cc1. The maximum atomic E-state index is 13.3. The van der Waals surface area contributed by atoms with Crippen molar-refractivity contribution >= 4 is 29.0 Å². The second-order valence-corrected chi connectivity index (χ2v) is 7.82. The molecule has 0 bridgehead atoms. The molecule has 168 valence electrons. The molecular formula is C20H17F3N4O4S. The van der Waals surface area contributed by atoms with Gasteiger partial charge in [-0.25, -0.2) is 4.98 Å². The van der Waals surface area contributed by atoms with E-state index < -0.39 is 39.2 Å². The Kier molecular flexibility index (Phi) is 6.72. The molecule has 0 spiro atoms. The highest BCUT2D eigenvalue weighted by Crippen LogP contribution is 2.37. The first-order valence-electron chi connectivity index (χ1n) is 9.11. The predicted octanol–water partition coefficient (Wildman–Crippen LogP) is 4.93. The molecule has 0 aliphatic heterocycles. The number of hydrogen-bond acceptors (Lipinski definition) is 6. The van der Waals surface area contributed by atoms with Crippen molar-refractivity contribution in [2.75, 3.05) is 12.4 Å². The zero-order valence-electron chi connectivity index (χ0n) is 16.8. The van der Waals surface area contributed by atoms with Crippen LogP contribution in [0.15, 0.2) is 60.0 Å². The summed E-state index contributed by atoms with van der Waals surface area (Å²) in [4.78, 5) is 26.7. The van der Waals surface area contributed by atoms with Crippen LogP contribution in [0.4, 0.5) is 24.5 Å². The summed E-state index contributed by atoms with van der Waals surface area (Å²) in [5, 5.41) is 12.7. The topological polar surface area (TPSA) is 99.3 Å². The highest BCUT2D eigenvalue weighted by molar-refractivity contribution is 8.00. The molecule has 0 fully saturated rings. The number of anilines is 1. The van der Waals surface area contributed by atoms with Crippen LogP contribution in [-0.4, -0.2) is 32.7 Å². The van der Waals surface area contributed by atoms with Gasteiger partial charge in [0.2, 0.25) is 5.91 Å². The van der Waals surface area contributed by atoms with Gasteiger partial charge in [-0.3, -0.25) is 19.5 Å². The summed E-state index contributed by atoms with van der Waals surface area (Å²) in [5.41, 5.74) is -1.82. The number of thioether (sulfide) groups is 1. The molecule has 0 unspecified atom stereocenters. The lowest BCUT2D eigenvalue weighted by Gasteiger charge is -2.16. The summed E-state index contributed by atoms with van der Waals surface area (Å²) >= 11 is 1.05. The molecule has 0 radical (unpaired) electrons. The van der Waals surface area contributed by atoms with E-state index in [0.29, 0.717) is 17.0 Å². The summed E-state index contributed by atoms with van der Waals surface area (Å²) in [6, 6.07) is 9.27. The van der Waals surface area contributed by atoms with E-state index in [2.05, 4.69) is 10.3 Å². The van der Waals surface area contributed by atoms with Gasteiger partial charge >= 0.3 is 6.18 Å². The molecule has 0 aliphatic rings. The first kappa shape index (κ1) is 23.1. The van der Waals surface area contributed by atoms with Crippen LogP contribution in [0.3, 0.4) is 0 Å². The highest BCUT2D eigenvalue weighted by atomic mass is 32.2. The predicted molar refractivity (Wildman–Crippen MR) is 112 cm³/mol. The van der Waals surface area contributed by atoms with Crippen molar-refractivity contribution in [2.24, 2.45) is 0 Å². The van der Waals surface area contributed by atoms with E-state index in [9.17, 15) is 28.1 Å². The van der Waals surface area contributed by atoms with Gasteiger partial charge in [-0.15, -0.1) is 0 Å². The average molecular weight is 466 g/mol. The van der Waals surface area contributed by atoms with Crippen LogP contribution in [-0.2, 0) is 11.0 Å². The Morgan fingerprint density at radius 2 is 1.94 bits per heavy atom. The summed E-state index contributed by atoms with van der Waals surface area (Å²) in [6.45, 7) is 1.52. The van der Waals surface area contributed by atoms with Crippen molar-refractivity contribution in [1.29, 1.82) is 0 Å². The molecule has 2 aromatic carbocycles. The van der Waals surface area contributed by atoms with Gasteiger partial charge in [0.15, 0.2) is 5.16 Å². The maximum absolute atomic E-state index is 13.3. The largest absolute Gasteiger partial charge is 0.497 e. The van der Waals surface area contributed by atoms with Gasteiger partial charge in [0.25, 0.3) is 5.69 Å². The lowest BCUT2D eigenvalue weighted by Crippen LogP contribution is -2.24. The number of carbonyl (C=O) groups is 1. The fraction of sp³-hybridized carbons (Fsp3) is 0.200. The first-order valence-corrected chi connectivity index (χ1v) is 9.99. The van der Waals surface area contributed by atoms with E-state index in [1.165, 1.54) is 13.1 Å². The standard InChI is InChI=1S/C20H17F3N4O4S/c1-12(32-19-24-9-10-26(19)13-3-6-15(31-2)7-4-13)18(28)25-17-8-5-14(27(29)30)11-16(17)20(21,22)23/h3-12H,1-2H3,(H,25,28)/t12-/m0/s1. The third-order valence-corrected chi connectivity index (χ3v) is 5.47. The summed E-state index contributed by atoms with van der Waals surface area (Å²) in [7, 11) is 1.54. The van der Waals surface area contributed by atoms with Crippen LogP contribution in [0.2, 0.25) is 0 Å². The van der Waals surface area contributed by atoms with Gasteiger partial charge in [-0.2, -0.15) is 13.2 Å². The number of rotatable bonds is 7. The molecule has 0 aliphatic carbocycles. The fourth-order valence-electron chi connectivity index (χ4n) is 2.75. The van der Waals surface area contributed by atoms with Crippen LogP contribution in [0.1, 0.15) is 12.5 Å². The molecule has 3 aromatic rings. The minimum Gasteiger partial charge on any atom is -0.497 e. The highest BCUT2D eigenvalue weighted by Gasteiger charge is 2.36. The van der Waals surface area contributed by atoms with Crippen LogP contribution in [0, 0.1) is 10.1 Å². The van der Waals surface area contributed by atoms with Crippen LogP contribution in [0.5, 0.6) is 5.75 Å². The van der Waals surface area contributed by atoms with Crippen molar-refractivity contribution < 1.29 is 27.6 Å². The van der Waals surface area contributed by atoms with Gasteiger partial charge in [0.05, 0.1) is 28.5 Å². The van der Waals surface area contributed by atoms with E-state index >= 15 is 0 Å². The van der Waals surface area contributed by atoms with E-state index in [4.69, 9.17) is 4.74 Å². The minimum atomic E-state index is -4.88. The monoisotopic (exact) mass is 466 g/mol. The number of nitro groups is 1. The number of nitrogens with zero attached hydrogens (tertiary/aromatic N) is 3. The van der Waals surface area contributed by atoms with E-state index in [1.807, 2.05) is 0 Å². The number of carbonyl (C=O) groups excluding carboxylic acids is 1. The molecule has 1 atom stereocenters. The van der Waals surface area contributed by atoms with Crippen molar-refractivity contribution in [3.8, 4) is 11.4 Å². The van der Waals surface area contributed by atoms with Crippen LogP contribution in [0.25, 0.3) is 5.69 Å². The minimum absolute atomic E-state index is 0.393. The number of imidazole rings is 1. The quantitative estimate of drug-likeness (QED) is 0.301. The molecule has 1 N–H and O–H groups in total. The van der Waals surface area contributed by atoms with E-state index in [1.54, 1.807) is 42.1 Å². The van der Waals surface area contributed by atoms with Crippen molar-refractivity contribution in [3.05, 3.63) is 70.5 Å². The number of non-ortho nitro benzene ring substituents is 1. The van der Waals surface area contributed by atoms with Crippen molar-refractivity contribution in [3.63, 3.8) is 0 Å². The summed E-state index contributed by atoms with van der Waals surface area (Å²) in [5.74, 6) is -0.0435. The second-order valence-electron chi connectivity index (χ2n) is 6.51. The number of nitro benzene ring substituents is 1. The second kappa shape index (κ2) is 9.30. The zero-order valence-corrected chi connectivity index (χ0v) is 17.6. The molecule has 1 aromatic heterocycles. The number of alkyl halides is 3. The number of benzene rings is 2. The number of amides is 1. The molecule has 1 heterocycles. The van der Waals surface area contributed by atoms with E-state index in [-0.39, 0.29) is 0 Å². The molecule has 12 heteroatoms. The Labute approximate surface area is 184 Å². The molecule has 0 saturated heterocycles. The summed E-state index contributed by atoms with van der Waals surface area (Å²) in [6.07, 6.45) is -1.65. The Bertz CT molecular complexity index is 1130.